The van der Waals surface area contributed by atoms with Crippen molar-refractivity contribution in [3.05, 3.63) is 60.4 Å². The van der Waals surface area contributed by atoms with E-state index in [9.17, 15) is 4.39 Å². The van der Waals surface area contributed by atoms with Crippen molar-refractivity contribution in [1.82, 2.24) is 0 Å². The van der Waals surface area contributed by atoms with Gasteiger partial charge in [-0.3, -0.25) is 0 Å². The molecule has 0 radical (unpaired) electrons. The molecule has 0 aliphatic rings. The summed E-state index contributed by atoms with van der Waals surface area (Å²) in [7, 11) is 3.22. The third-order valence-electron chi connectivity index (χ3n) is 3.53. The van der Waals surface area contributed by atoms with Crippen LogP contribution in [0.2, 0.25) is 0 Å². The molecule has 0 saturated heterocycles. The van der Waals surface area contributed by atoms with E-state index < -0.39 is 0 Å². The second kappa shape index (κ2) is 5.44. The Bertz CT molecular complexity index is 796. The monoisotopic (exact) mass is 282 g/mol. The van der Waals surface area contributed by atoms with Gasteiger partial charge in [-0.25, -0.2) is 4.39 Å². The van der Waals surface area contributed by atoms with E-state index in [-0.39, 0.29) is 5.82 Å². The van der Waals surface area contributed by atoms with Crippen molar-refractivity contribution in [2.24, 2.45) is 0 Å². The van der Waals surface area contributed by atoms with Crippen molar-refractivity contribution in [3.8, 4) is 22.6 Å². The van der Waals surface area contributed by atoms with Crippen LogP contribution in [0.25, 0.3) is 21.9 Å². The number of hydrogen-bond donors (Lipinski definition) is 0. The van der Waals surface area contributed by atoms with Gasteiger partial charge in [-0.05, 0) is 41.1 Å². The Morgan fingerprint density at radius 3 is 2.29 bits per heavy atom. The minimum atomic E-state index is -0.260. The molecule has 0 aromatic heterocycles. The Hall–Kier alpha value is -2.55. The molecule has 3 rings (SSSR count). The van der Waals surface area contributed by atoms with Gasteiger partial charge in [-0.2, -0.15) is 0 Å². The lowest BCUT2D eigenvalue weighted by Crippen LogP contribution is -1.91. The topological polar surface area (TPSA) is 18.5 Å². The normalized spacial score (nSPS) is 10.6. The predicted octanol–water partition coefficient (Wildman–Crippen LogP) is 4.66. The minimum absolute atomic E-state index is 0.260. The van der Waals surface area contributed by atoms with Gasteiger partial charge in [0.15, 0.2) is 0 Å². The summed E-state index contributed by atoms with van der Waals surface area (Å²) in [6.07, 6.45) is 0. The smallest absolute Gasteiger partial charge is 0.131 e. The largest absolute Gasteiger partial charge is 0.497 e. The molecular formula is C18H15FO2. The molecule has 2 nitrogen and oxygen atoms in total. The zero-order valence-electron chi connectivity index (χ0n) is 11.9. The fourth-order valence-electron chi connectivity index (χ4n) is 2.44. The standard InChI is InChI=1S/C18H15FO2/c1-20-14-8-7-12-10-16(15-5-3-4-6-17(15)19)18(21-2)11-13(12)9-14/h3-11H,1-2H3. The molecule has 3 aromatic carbocycles. The molecule has 0 heterocycles. The molecule has 0 bridgehead atoms. The van der Waals surface area contributed by atoms with Crippen LogP contribution in [-0.4, -0.2) is 14.2 Å². The van der Waals surface area contributed by atoms with Crippen LogP contribution < -0.4 is 9.47 Å². The van der Waals surface area contributed by atoms with Crippen molar-refractivity contribution in [2.45, 2.75) is 0 Å². The lowest BCUT2D eigenvalue weighted by Gasteiger charge is -2.12. The van der Waals surface area contributed by atoms with Gasteiger partial charge in [0.1, 0.15) is 17.3 Å². The van der Waals surface area contributed by atoms with Gasteiger partial charge in [0.2, 0.25) is 0 Å². The molecule has 0 atom stereocenters. The van der Waals surface area contributed by atoms with E-state index in [0.717, 1.165) is 22.1 Å². The molecule has 3 heteroatoms. The van der Waals surface area contributed by atoms with Crippen LogP contribution >= 0.6 is 0 Å². The Morgan fingerprint density at radius 2 is 1.57 bits per heavy atom. The summed E-state index contributed by atoms with van der Waals surface area (Å²) in [5.41, 5.74) is 1.28. The predicted molar refractivity (Wildman–Crippen MR) is 82.4 cm³/mol. The summed E-state index contributed by atoms with van der Waals surface area (Å²) in [5, 5.41) is 2.00. The van der Waals surface area contributed by atoms with E-state index in [1.807, 2.05) is 36.4 Å². The van der Waals surface area contributed by atoms with Crippen LogP contribution in [0.4, 0.5) is 4.39 Å². The molecule has 0 N–H and O–H groups in total. The van der Waals surface area contributed by atoms with Crippen molar-refractivity contribution in [3.63, 3.8) is 0 Å². The highest BCUT2D eigenvalue weighted by Crippen LogP contribution is 2.36. The summed E-state index contributed by atoms with van der Waals surface area (Å²) >= 11 is 0. The molecule has 0 saturated carbocycles. The van der Waals surface area contributed by atoms with Crippen LogP contribution in [-0.2, 0) is 0 Å². The first kappa shape index (κ1) is 13.4. The molecule has 106 valence electrons. The van der Waals surface area contributed by atoms with Crippen LogP contribution in [0.15, 0.2) is 54.6 Å². The molecule has 0 aliphatic heterocycles. The Morgan fingerprint density at radius 1 is 0.762 bits per heavy atom. The third kappa shape index (κ3) is 2.42. The lowest BCUT2D eigenvalue weighted by molar-refractivity contribution is 0.414. The average Bonchev–Trinajstić information content (AvgIpc) is 2.53. The zero-order valence-corrected chi connectivity index (χ0v) is 11.9. The van der Waals surface area contributed by atoms with E-state index >= 15 is 0 Å². The molecule has 0 spiro atoms. The number of hydrogen-bond acceptors (Lipinski definition) is 2. The summed E-state index contributed by atoms with van der Waals surface area (Å²) in [5.74, 6) is 1.16. The van der Waals surface area contributed by atoms with Gasteiger partial charge in [-0.15, -0.1) is 0 Å². The van der Waals surface area contributed by atoms with Crippen molar-refractivity contribution < 1.29 is 13.9 Å². The van der Waals surface area contributed by atoms with E-state index in [1.165, 1.54) is 6.07 Å². The fourth-order valence-corrected chi connectivity index (χ4v) is 2.44. The van der Waals surface area contributed by atoms with Crippen molar-refractivity contribution in [1.29, 1.82) is 0 Å². The maximum Gasteiger partial charge on any atom is 0.131 e. The molecule has 3 aromatic rings. The van der Waals surface area contributed by atoms with Gasteiger partial charge < -0.3 is 9.47 Å². The SMILES string of the molecule is COc1ccc2cc(-c3ccccc3F)c(OC)cc2c1. The number of fused-ring (bicyclic) bond motifs is 1. The minimum Gasteiger partial charge on any atom is -0.497 e. The van der Waals surface area contributed by atoms with Gasteiger partial charge in [0, 0.05) is 11.1 Å². The van der Waals surface area contributed by atoms with Crippen LogP contribution in [0.3, 0.4) is 0 Å². The molecular weight excluding hydrogens is 267 g/mol. The molecule has 0 aliphatic carbocycles. The summed E-state index contributed by atoms with van der Waals surface area (Å²) in [6.45, 7) is 0. The first-order chi connectivity index (χ1) is 10.2. The molecule has 0 fully saturated rings. The third-order valence-corrected chi connectivity index (χ3v) is 3.53. The highest BCUT2D eigenvalue weighted by Gasteiger charge is 2.12. The Labute approximate surface area is 122 Å². The fraction of sp³-hybridized carbons (Fsp3) is 0.111. The number of benzene rings is 3. The van der Waals surface area contributed by atoms with Crippen molar-refractivity contribution in [2.75, 3.05) is 14.2 Å². The quantitative estimate of drug-likeness (QED) is 0.695. The van der Waals surface area contributed by atoms with Gasteiger partial charge in [-0.1, -0.05) is 24.3 Å². The van der Waals surface area contributed by atoms with Gasteiger partial charge >= 0.3 is 0 Å². The summed E-state index contributed by atoms with van der Waals surface area (Å²) < 4.78 is 24.7. The number of rotatable bonds is 3. The zero-order chi connectivity index (χ0) is 14.8. The van der Waals surface area contributed by atoms with E-state index in [4.69, 9.17) is 9.47 Å². The van der Waals surface area contributed by atoms with E-state index in [2.05, 4.69) is 0 Å². The van der Waals surface area contributed by atoms with Crippen LogP contribution in [0, 0.1) is 5.82 Å². The first-order valence-electron chi connectivity index (χ1n) is 6.63. The second-order valence-corrected chi connectivity index (χ2v) is 4.75. The van der Waals surface area contributed by atoms with Crippen LogP contribution in [0.5, 0.6) is 11.5 Å². The highest BCUT2D eigenvalue weighted by molar-refractivity contribution is 5.91. The lowest BCUT2D eigenvalue weighted by atomic mass is 9.99. The van der Waals surface area contributed by atoms with Gasteiger partial charge in [0.05, 0.1) is 14.2 Å². The number of methoxy groups -OCH3 is 2. The maximum absolute atomic E-state index is 14.0. The first-order valence-corrected chi connectivity index (χ1v) is 6.63. The highest BCUT2D eigenvalue weighted by atomic mass is 19.1. The second-order valence-electron chi connectivity index (χ2n) is 4.75. The molecule has 0 amide bonds. The Balaban J connectivity index is 2.25. The number of halogens is 1. The van der Waals surface area contributed by atoms with E-state index in [0.29, 0.717) is 11.3 Å². The maximum atomic E-state index is 14.0. The van der Waals surface area contributed by atoms with Crippen LogP contribution in [0.1, 0.15) is 0 Å². The number of ether oxygens (including phenoxy) is 2. The summed E-state index contributed by atoms with van der Waals surface area (Å²) in [6, 6.07) is 16.3. The van der Waals surface area contributed by atoms with Gasteiger partial charge in [0.25, 0.3) is 0 Å². The Kier molecular flexibility index (Phi) is 3.48. The van der Waals surface area contributed by atoms with E-state index in [1.54, 1.807) is 26.4 Å². The molecule has 0 unspecified atom stereocenters. The average molecular weight is 282 g/mol. The molecule has 21 heavy (non-hydrogen) atoms. The summed E-state index contributed by atoms with van der Waals surface area (Å²) in [4.78, 5) is 0. The van der Waals surface area contributed by atoms with Crippen molar-refractivity contribution >= 4 is 10.8 Å².